The first kappa shape index (κ1) is 35.2. The van der Waals surface area contributed by atoms with Crippen LogP contribution in [0.15, 0.2) is 247 Å². The van der Waals surface area contributed by atoms with Gasteiger partial charge in [0.15, 0.2) is 0 Å². The van der Waals surface area contributed by atoms with Gasteiger partial charge in [-0.15, -0.1) is 0 Å². The van der Waals surface area contributed by atoms with Gasteiger partial charge >= 0.3 is 0 Å². The lowest BCUT2D eigenvalue weighted by atomic mass is 9.85. The van der Waals surface area contributed by atoms with E-state index in [2.05, 4.69) is 243 Å². The maximum absolute atomic E-state index is 6.57. The zero-order chi connectivity index (χ0) is 38.2. The van der Waals surface area contributed by atoms with Gasteiger partial charge in [0.05, 0.1) is 0 Å². The van der Waals surface area contributed by atoms with E-state index in [9.17, 15) is 0 Å². The number of hydrogen-bond donors (Lipinski definition) is 0. The van der Waals surface area contributed by atoms with Gasteiger partial charge in [0.1, 0.15) is 11.5 Å². The van der Waals surface area contributed by atoms with Crippen LogP contribution in [0.25, 0.3) is 44.9 Å². The summed E-state index contributed by atoms with van der Waals surface area (Å²) in [6, 6.07) is 85.8. The van der Waals surface area contributed by atoms with Crippen molar-refractivity contribution in [3.05, 3.63) is 287 Å². The number of benzene rings is 8. The maximum Gasteiger partial charge on any atom is 0.134 e. The third kappa shape index (κ3) is 7.60. The van der Waals surface area contributed by atoms with Gasteiger partial charge in [-0.05, 0) is 78.9 Å². The first-order valence-electron chi connectivity index (χ1n) is 19.4. The van der Waals surface area contributed by atoms with Gasteiger partial charge in [0, 0.05) is 11.1 Å². The van der Waals surface area contributed by atoms with E-state index in [0.29, 0.717) is 0 Å². The molecule has 0 fully saturated rings. The monoisotopic (exact) mass is 728 g/mol. The molecule has 0 unspecified atom stereocenters. The Bertz CT molecular complexity index is 2470. The van der Waals surface area contributed by atoms with Crippen LogP contribution in [-0.4, -0.2) is 0 Å². The SMILES string of the molecule is c1ccc(C(=C(c2ccccc2)c2ccc(-c3ccc(-c4ccc(C(=C(c5ccccc5)c5ccccc5)c5ccccc5)cc4)o3)cc2)c2ccccc2)cc1. The highest BCUT2D eigenvalue weighted by Gasteiger charge is 2.18. The quantitative estimate of drug-likeness (QED) is 0.128. The highest BCUT2D eigenvalue weighted by molar-refractivity contribution is 6.05. The summed E-state index contributed by atoms with van der Waals surface area (Å²) < 4.78 is 6.57. The molecule has 0 spiro atoms. The van der Waals surface area contributed by atoms with Crippen molar-refractivity contribution in [1.29, 1.82) is 0 Å². The molecule has 0 atom stereocenters. The number of furan rings is 1. The summed E-state index contributed by atoms with van der Waals surface area (Å²) >= 11 is 0. The Balaban J connectivity index is 1.08. The minimum Gasteiger partial charge on any atom is -0.456 e. The Morgan fingerprint density at radius 2 is 0.386 bits per heavy atom. The third-order valence-electron chi connectivity index (χ3n) is 10.4. The predicted molar refractivity (Wildman–Crippen MR) is 238 cm³/mol. The second-order valence-corrected chi connectivity index (χ2v) is 14.0. The smallest absolute Gasteiger partial charge is 0.134 e. The predicted octanol–water partition coefficient (Wildman–Crippen LogP) is 14.6. The van der Waals surface area contributed by atoms with Crippen LogP contribution in [0.2, 0.25) is 0 Å². The van der Waals surface area contributed by atoms with Gasteiger partial charge in [-0.25, -0.2) is 0 Å². The summed E-state index contributed by atoms with van der Waals surface area (Å²) in [6.07, 6.45) is 0. The fourth-order valence-corrected chi connectivity index (χ4v) is 7.70. The van der Waals surface area contributed by atoms with Gasteiger partial charge in [-0.2, -0.15) is 0 Å². The first-order valence-corrected chi connectivity index (χ1v) is 19.4. The van der Waals surface area contributed by atoms with E-state index < -0.39 is 0 Å². The Kier molecular flexibility index (Phi) is 10.2. The van der Waals surface area contributed by atoms with Gasteiger partial charge in [-0.1, -0.05) is 231 Å². The van der Waals surface area contributed by atoms with Crippen molar-refractivity contribution in [2.75, 3.05) is 0 Å². The second kappa shape index (κ2) is 16.5. The van der Waals surface area contributed by atoms with Crippen molar-refractivity contribution in [3.63, 3.8) is 0 Å². The zero-order valence-corrected chi connectivity index (χ0v) is 31.5. The highest BCUT2D eigenvalue weighted by Crippen LogP contribution is 2.40. The Morgan fingerprint density at radius 3 is 0.596 bits per heavy atom. The lowest BCUT2D eigenvalue weighted by Gasteiger charge is -2.18. The van der Waals surface area contributed by atoms with Crippen LogP contribution in [0.1, 0.15) is 44.5 Å². The molecule has 0 radical (unpaired) electrons. The van der Waals surface area contributed by atoms with Crippen molar-refractivity contribution in [1.82, 2.24) is 0 Å². The van der Waals surface area contributed by atoms with Crippen molar-refractivity contribution < 1.29 is 4.42 Å². The molecule has 9 aromatic rings. The topological polar surface area (TPSA) is 13.1 Å². The molecule has 0 saturated carbocycles. The minimum absolute atomic E-state index is 0.831. The van der Waals surface area contributed by atoms with Crippen LogP contribution < -0.4 is 0 Å². The van der Waals surface area contributed by atoms with Gasteiger partial charge < -0.3 is 4.42 Å². The zero-order valence-electron chi connectivity index (χ0n) is 31.5. The van der Waals surface area contributed by atoms with E-state index in [-0.39, 0.29) is 0 Å². The summed E-state index contributed by atoms with van der Waals surface area (Å²) in [5.41, 5.74) is 16.2. The van der Waals surface area contributed by atoms with Gasteiger partial charge in [0.2, 0.25) is 0 Å². The van der Waals surface area contributed by atoms with Crippen molar-refractivity contribution in [3.8, 4) is 22.6 Å². The van der Waals surface area contributed by atoms with Crippen LogP contribution in [0.5, 0.6) is 0 Å². The van der Waals surface area contributed by atoms with Crippen LogP contribution in [0.3, 0.4) is 0 Å². The molecule has 1 heterocycles. The maximum atomic E-state index is 6.57. The van der Waals surface area contributed by atoms with Crippen molar-refractivity contribution in [2.45, 2.75) is 0 Å². The molecule has 270 valence electrons. The fraction of sp³-hybridized carbons (Fsp3) is 0. The summed E-state index contributed by atoms with van der Waals surface area (Å²) in [6.45, 7) is 0. The minimum atomic E-state index is 0.831. The molecular weight excluding hydrogens is 689 g/mol. The molecule has 0 bridgehead atoms. The molecule has 1 nitrogen and oxygen atoms in total. The standard InChI is InChI=1S/C56H40O/c1-7-19-43(20-8-1)53(44-21-9-2-10-22-44)55(47-27-15-5-16-28-47)49-35-31-41(32-36-49)51-39-40-52(57-51)42-33-37-50(38-34-42)56(48-29-17-6-18-30-48)54(45-23-11-3-12-24-45)46-25-13-4-14-26-46/h1-40H. The lowest BCUT2D eigenvalue weighted by molar-refractivity contribution is 0.597. The van der Waals surface area contributed by atoms with Crippen LogP contribution in [0.4, 0.5) is 0 Å². The van der Waals surface area contributed by atoms with E-state index in [1.165, 1.54) is 55.7 Å². The summed E-state index contributed by atoms with van der Waals surface area (Å²) in [5.74, 6) is 1.66. The second-order valence-electron chi connectivity index (χ2n) is 14.0. The van der Waals surface area contributed by atoms with E-state index in [0.717, 1.165) is 33.8 Å². The van der Waals surface area contributed by atoms with Gasteiger partial charge in [-0.3, -0.25) is 0 Å². The third-order valence-corrected chi connectivity index (χ3v) is 10.4. The average molecular weight is 729 g/mol. The normalized spacial score (nSPS) is 10.8. The van der Waals surface area contributed by atoms with E-state index in [1.54, 1.807) is 0 Å². The van der Waals surface area contributed by atoms with Crippen LogP contribution >= 0.6 is 0 Å². The Hall–Kier alpha value is -7.48. The van der Waals surface area contributed by atoms with Crippen molar-refractivity contribution in [2.24, 2.45) is 0 Å². The summed E-state index contributed by atoms with van der Waals surface area (Å²) in [5, 5.41) is 0. The molecule has 9 rings (SSSR count). The molecule has 0 amide bonds. The molecule has 8 aromatic carbocycles. The Labute approximate surface area is 335 Å². The van der Waals surface area contributed by atoms with Crippen LogP contribution in [-0.2, 0) is 0 Å². The number of rotatable bonds is 10. The lowest BCUT2D eigenvalue weighted by Crippen LogP contribution is -1.97. The molecule has 1 heteroatoms. The van der Waals surface area contributed by atoms with E-state index >= 15 is 0 Å². The van der Waals surface area contributed by atoms with E-state index in [1.807, 2.05) is 0 Å². The molecule has 57 heavy (non-hydrogen) atoms. The molecule has 0 aliphatic heterocycles. The highest BCUT2D eigenvalue weighted by atomic mass is 16.3. The molecule has 0 N–H and O–H groups in total. The average Bonchev–Trinajstić information content (AvgIpc) is 3.80. The molecule has 0 aliphatic rings. The Morgan fingerprint density at radius 1 is 0.193 bits per heavy atom. The summed E-state index contributed by atoms with van der Waals surface area (Å²) in [7, 11) is 0. The van der Waals surface area contributed by atoms with Crippen molar-refractivity contribution >= 4 is 22.3 Å². The molecule has 0 saturated heterocycles. The first-order chi connectivity index (χ1) is 28.3. The molecule has 0 aliphatic carbocycles. The molecule has 1 aromatic heterocycles. The summed E-state index contributed by atoms with van der Waals surface area (Å²) in [4.78, 5) is 0. The fourth-order valence-electron chi connectivity index (χ4n) is 7.70. The number of hydrogen-bond acceptors (Lipinski definition) is 1. The van der Waals surface area contributed by atoms with Crippen LogP contribution in [0, 0.1) is 0 Å². The molecular formula is C56H40O. The van der Waals surface area contributed by atoms with E-state index in [4.69, 9.17) is 4.42 Å². The largest absolute Gasteiger partial charge is 0.456 e. The van der Waals surface area contributed by atoms with Gasteiger partial charge in [0.25, 0.3) is 0 Å².